The smallest absolute Gasteiger partial charge is 0.287 e. The van der Waals surface area contributed by atoms with E-state index in [9.17, 15) is 9.90 Å². The third-order valence-electron chi connectivity index (χ3n) is 1.74. The molecule has 0 aromatic heterocycles. The zero-order chi connectivity index (χ0) is 11.3. The number of rotatable bonds is 2. The Balaban J connectivity index is 2.62. The monoisotopic (exact) mass is 208 g/mol. The average Bonchev–Trinajstić information content (AvgIpc) is 2.26. The van der Waals surface area contributed by atoms with Crippen LogP contribution in [0.3, 0.4) is 0 Å². The van der Waals surface area contributed by atoms with Crippen molar-refractivity contribution in [3.63, 3.8) is 0 Å². The molecule has 5 nitrogen and oxygen atoms in total. The molecule has 1 rings (SSSR count). The van der Waals surface area contributed by atoms with Gasteiger partial charge in [0.05, 0.1) is 5.56 Å². The van der Waals surface area contributed by atoms with E-state index in [4.69, 9.17) is 5.41 Å². The number of aromatic hydroxyl groups is 1. The molecule has 5 heteroatoms. The van der Waals surface area contributed by atoms with Crippen LogP contribution in [-0.2, 0) is 4.84 Å². The Labute approximate surface area is 87.1 Å². The van der Waals surface area contributed by atoms with Gasteiger partial charge in [-0.15, -0.1) is 0 Å². The lowest BCUT2D eigenvalue weighted by Crippen LogP contribution is -2.26. The first-order valence-electron chi connectivity index (χ1n) is 4.47. The van der Waals surface area contributed by atoms with E-state index in [0.29, 0.717) is 6.42 Å². The highest BCUT2D eigenvalue weighted by Gasteiger charge is 2.10. The molecule has 15 heavy (non-hydrogen) atoms. The predicted octanol–water partition coefficient (Wildman–Crippen LogP) is 1.44. The van der Waals surface area contributed by atoms with Gasteiger partial charge in [-0.2, -0.15) is 5.48 Å². The first-order valence-corrected chi connectivity index (χ1v) is 4.47. The SMILES string of the molecule is CCC(=N)ONC(=O)c1ccccc1O. The standard InChI is InChI=1S/C10H12N2O3/c1-2-9(11)15-12-10(14)7-5-3-4-6-8(7)13/h3-6,11,13H,2H2,1H3,(H,12,14). The number of amides is 1. The topological polar surface area (TPSA) is 82.4 Å². The van der Waals surface area contributed by atoms with Gasteiger partial charge in [0.15, 0.2) is 0 Å². The molecule has 1 aromatic carbocycles. The molecule has 0 aliphatic carbocycles. The zero-order valence-electron chi connectivity index (χ0n) is 8.28. The van der Waals surface area contributed by atoms with Crippen molar-refractivity contribution in [2.75, 3.05) is 0 Å². The number of benzene rings is 1. The van der Waals surface area contributed by atoms with Gasteiger partial charge in [0.1, 0.15) is 5.75 Å². The molecule has 1 amide bonds. The molecule has 1 aromatic rings. The molecule has 0 atom stereocenters. The minimum atomic E-state index is -0.577. The summed E-state index contributed by atoms with van der Waals surface area (Å²) < 4.78 is 0. The quantitative estimate of drug-likeness (QED) is 0.390. The summed E-state index contributed by atoms with van der Waals surface area (Å²) in [4.78, 5) is 16.0. The fourth-order valence-electron chi connectivity index (χ4n) is 0.901. The molecule has 0 spiro atoms. The number of nitrogens with one attached hydrogen (secondary N) is 2. The third kappa shape index (κ3) is 2.98. The van der Waals surface area contributed by atoms with Crippen LogP contribution in [0, 0.1) is 5.41 Å². The van der Waals surface area contributed by atoms with Gasteiger partial charge < -0.3 is 9.94 Å². The molecule has 0 unspecified atom stereocenters. The van der Waals surface area contributed by atoms with Gasteiger partial charge in [-0.25, -0.2) is 0 Å². The summed E-state index contributed by atoms with van der Waals surface area (Å²) in [6.07, 6.45) is 0.390. The van der Waals surface area contributed by atoms with Crippen molar-refractivity contribution in [3.05, 3.63) is 29.8 Å². The fourth-order valence-corrected chi connectivity index (χ4v) is 0.901. The van der Waals surface area contributed by atoms with Gasteiger partial charge in [-0.3, -0.25) is 10.2 Å². The largest absolute Gasteiger partial charge is 0.507 e. The summed E-state index contributed by atoms with van der Waals surface area (Å²) in [6.45, 7) is 1.73. The molecular formula is C10H12N2O3. The van der Waals surface area contributed by atoms with Crippen molar-refractivity contribution in [2.45, 2.75) is 13.3 Å². The Morgan fingerprint density at radius 2 is 2.20 bits per heavy atom. The van der Waals surface area contributed by atoms with E-state index >= 15 is 0 Å². The third-order valence-corrected chi connectivity index (χ3v) is 1.74. The summed E-state index contributed by atoms with van der Waals surface area (Å²) in [6, 6.07) is 6.10. The first kappa shape index (κ1) is 11.0. The van der Waals surface area contributed by atoms with E-state index in [1.165, 1.54) is 12.1 Å². The maximum absolute atomic E-state index is 11.4. The predicted molar refractivity (Wildman–Crippen MR) is 54.7 cm³/mol. The van der Waals surface area contributed by atoms with Crippen molar-refractivity contribution < 1.29 is 14.7 Å². The van der Waals surface area contributed by atoms with Crippen LogP contribution in [0.4, 0.5) is 0 Å². The highest BCUT2D eigenvalue weighted by molar-refractivity contribution is 5.96. The Morgan fingerprint density at radius 3 is 2.80 bits per heavy atom. The number of hydrogen-bond acceptors (Lipinski definition) is 4. The Morgan fingerprint density at radius 1 is 1.53 bits per heavy atom. The molecule has 0 fully saturated rings. The lowest BCUT2D eigenvalue weighted by atomic mass is 10.2. The van der Waals surface area contributed by atoms with Crippen molar-refractivity contribution in [1.82, 2.24) is 5.48 Å². The van der Waals surface area contributed by atoms with Crippen molar-refractivity contribution in [1.29, 1.82) is 5.41 Å². The maximum atomic E-state index is 11.4. The number of phenols is 1. The van der Waals surface area contributed by atoms with Crippen molar-refractivity contribution in [3.8, 4) is 5.75 Å². The van der Waals surface area contributed by atoms with Crippen LogP contribution in [0.15, 0.2) is 24.3 Å². The molecule has 3 N–H and O–H groups in total. The van der Waals surface area contributed by atoms with E-state index in [0.717, 1.165) is 0 Å². The second-order valence-electron chi connectivity index (χ2n) is 2.83. The van der Waals surface area contributed by atoms with E-state index in [1.807, 2.05) is 0 Å². The van der Waals surface area contributed by atoms with Crippen LogP contribution in [0.25, 0.3) is 0 Å². The lowest BCUT2D eigenvalue weighted by Gasteiger charge is -2.07. The molecule has 0 saturated heterocycles. The highest BCUT2D eigenvalue weighted by atomic mass is 16.7. The first-order chi connectivity index (χ1) is 7.15. The summed E-state index contributed by atoms with van der Waals surface area (Å²) in [7, 11) is 0. The van der Waals surface area contributed by atoms with Gasteiger partial charge >= 0.3 is 0 Å². The van der Waals surface area contributed by atoms with E-state index in [-0.39, 0.29) is 17.2 Å². The molecule has 0 bridgehead atoms. The van der Waals surface area contributed by atoms with Crippen LogP contribution >= 0.6 is 0 Å². The minimum Gasteiger partial charge on any atom is -0.507 e. The number of phenolic OH excluding ortho intramolecular Hbond substituents is 1. The summed E-state index contributed by atoms with van der Waals surface area (Å²) in [5.74, 6) is -0.744. The van der Waals surface area contributed by atoms with Gasteiger partial charge in [0.2, 0.25) is 5.90 Å². The Hall–Kier alpha value is -2.04. The molecule has 0 heterocycles. The molecule has 0 radical (unpaired) electrons. The fraction of sp³-hybridized carbons (Fsp3) is 0.200. The van der Waals surface area contributed by atoms with Gasteiger partial charge in [0, 0.05) is 6.42 Å². The van der Waals surface area contributed by atoms with Crippen LogP contribution in [0.1, 0.15) is 23.7 Å². The van der Waals surface area contributed by atoms with Crippen molar-refractivity contribution in [2.24, 2.45) is 0 Å². The molecular weight excluding hydrogens is 196 g/mol. The Bertz CT molecular complexity index is 377. The number of carbonyl (C=O) groups excluding carboxylic acids is 1. The summed E-state index contributed by atoms with van der Waals surface area (Å²) in [5, 5.41) is 16.5. The summed E-state index contributed by atoms with van der Waals surface area (Å²) in [5.41, 5.74) is 2.18. The Kier molecular flexibility index (Phi) is 3.68. The number of para-hydroxylation sites is 1. The van der Waals surface area contributed by atoms with Crippen LogP contribution in [0.2, 0.25) is 0 Å². The molecule has 0 aliphatic heterocycles. The number of carbonyl (C=O) groups is 1. The normalized spacial score (nSPS) is 9.40. The van der Waals surface area contributed by atoms with E-state index in [1.54, 1.807) is 19.1 Å². The van der Waals surface area contributed by atoms with Gasteiger partial charge in [-0.05, 0) is 12.1 Å². The highest BCUT2D eigenvalue weighted by Crippen LogP contribution is 2.14. The van der Waals surface area contributed by atoms with E-state index < -0.39 is 5.91 Å². The van der Waals surface area contributed by atoms with Gasteiger partial charge in [-0.1, -0.05) is 19.1 Å². The lowest BCUT2D eigenvalue weighted by molar-refractivity contribution is 0.0724. The number of hydrogen-bond donors (Lipinski definition) is 3. The van der Waals surface area contributed by atoms with Gasteiger partial charge in [0.25, 0.3) is 5.91 Å². The van der Waals surface area contributed by atoms with Crippen LogP contribution in [-0.4, -0.2) is 16.9 Å². The minimum absolute atomic E-state index is 0.0428. The van der Waals surface area contributed by atoms with E-state index in [2.05, 4.69) is 10.3 Å². The number of hydroxylamine groups is 1. The molecule has 0 saturated carbocycles. The molecule has 80 valence electrons. The zero-order valence-corrected chi connectivity index (χ0v) is 8.28. The second-order valence-corrected chi connectivity index (χ2v) is 2.83. The van der Waals surface area contributed by atoms with Crippen molar-refractivity contribution >= 4 is 11.8 Å². The van der Waals surface area contributed by atoms with Crippen LogP contribution in [0.5, 0.6) is 5.75 Å². The average molecular weight is 208 g/mol. The maximum Gasteiger partial charge on any atom is 0.287 e. The second kappa shape index (κ2) is 4.99. The summed E-state index contributed by atoms with van der Waals surface area (Å²) >= 11 is 0. The molecule has 0 aliphatic rings. The van der Waals surface area contributed by atoms with Crippen LogP contribution < -0.4 is 5.48 Å².